The Hall–Kier alpha value is -3.28. The van der Waals surface area contributed by atoms with Gasteiger partial charge < -0.3 is 14.8 Å². The Balaban J connectivity index is 1.99. The van der Waals surface area contributed by atoms with Crippen LogP contribution in [0.5, 0.6) is 17.4 Å². The van der Waals surface area contributed by atoms with Crippen LogP contribution in [-0.4, -0.2) is 28.8 Å². The minimum atomic E-state index is 0.0171. The average molecular weight is 408 g/mol. The van der Waals surface area contributed by atoms with Gasteiger partial charge in [0.25, 0.3) is 0 Å². The molecule has 0 fully saturated rings. The maximum Gasteiger partial charge on any atom is 0.226 e. The van der Waals surface area contributed by atoms with Crippen LogP contribution in [0, 0.1) is 13.8 Å². The molecular formula is C24H29N3O3. The molecule has 0 saturated heterocycles. The highest BCUT2D eigenvalue weighted by molar-refractivity contribution is 5.76. The number of amides is 1. The second-order valence-corrected chi connectivity index (χ2v) is 7.57. The second-order valence-electron chi connectivity index (χ2n) is 7.57. The lowest BCUT2D eigenvalue weighted by Crippen LogP contribution is -2.30. The maximum absolute atomic E-state index is 12.2. The smallest absolute Gasteiger partial charge is 0.226 e. The van der Waals surface area contributed by atoms with Crippen molar-refractivity contribution in [2.45, 2.75) is 46.6 Å². The quantitative estimate of drug-likeness (QED) is 0.585. The highest BCUT2D eigenvalue weighted by Gasteiger charge is 2.20. The first-order chi connectivity index (χ1) is 14.4. The van der Waals surface area contributed by atoms with Gasteiger partial charge in [0.1, 0.15) is 11.5 Å². The van der Waals surface area contributed by atoms with Gasteiger partial charge in [-0.1, -0.05) is 18.2 Å². The number of rotatable bonds is 8. The molecule has 1 heterocycles. The molecule has 0 aliphatic rings. The summed E-state index contributed by atoms with van der Waals surface area (Å²) in [6.45, 7) is 7.86. The van der Waals surface area contributed by atoms with E-state index in [1.807, 2.05) is 76.2 Å². The SMILES string of the molecule is COc1ccc(-n2nc(C)c(CCC(=O)NC(C)C)c2Oc2ccccc2C)cc1. The Morgan fingerprint density at radius 3 is 2.43 bits per heavy atom. The van der Waals surface area contributed by atoms with E-state index in [-0.39, 0.29) is 11.9 Å². The normalized spacial score (nSPS) is 10.9. The number of methoxy groups -OCH3 is 1. The molecule has 6 nitrogen and oxygen atoms in total. The van der Waals surface area contributed by atoms with Gasteiger partial charge >= 0.3 is 0 Å². The van der Waals surface area contributed by atoms with E-state index >= 15 is 0 Å². The van der Waals surface area contributed by atoms with E-state index in [1.54, 1.807) is 11.8 Å². The van der Waals surface area contributed by atoms with Crippen LogP contribution in [0.4, 0.5) is 0 Å². The predicted molar refractivity (Wildman–Crippen MR) is 118 cm³/mol. The van der Waals surface area contributed by atoms with Crippen LogP contribution >= 0.6 is 0 Å². The summed E-state index contributed by atoms with van der Waals surface area (Å²) >= 11 is 0. The fraction of sp³-hybridized carbons (Fsp3) is 0.333. The van der Waals surface area contributed by atoms with Crippen molar-refractivity contribution in [3.63, 3.8) is 0 Å². The standard InChI is InChI=1S/C24H29N3O3/c1-16(2)25-23(28)15-14-21-18(4)26-27(19-10-12-20(29-5)13-11-19)24(21)30-22-9-7-6-8-17(22)3/h6-13,16H,14-15H2,1-5H3,(H,25,28). The van der Waals surface area contributed by atoms with Crippen LogP contribution in [0.1, 0.15) is 37.1 Å². The molecule has 0 unspecified atom stereocenters. The third kappa shape index (κ3) is 5.00. The van der Waals surface area contributed by atoms with Gasteiger partial charge in [-0.15, -0.1) is 0 Å². The number of aromatic nitrogens is 2. The van der Waals surface area contributed by atoms with E-state index in [9.17, 15) is 4.79 Å². The zero-order valence-corrected chi connectivity index (χ0v) is 18.2. The number of nitrogens with one attached hydrogen (secondary N) is 1. The van der Waals surface area contributed by atoms with Crippen molar-refractivity contribution in [2.24, 2.45) is 0 Å². The number of carbonyl (C=O) groups excluding carboxylic acids is 1. The monoisotopic (exact) mass is 407 g/mol. The molecule has 1 aromatic heterocycles. The van der Waals surface area contributed by atoms with Crippen molar-refractivity contribution < 1.29 is 14.3 Å². The fourth-order valence-corrected chi connectivity index (χ4v) is 3.24. The number of carbonyl (C=O) groups is 1. The predicted octanol–water partition coefficient (Wildman–Crippen LogP) is 4.75. The van der Waals surface area contributed by atoms with Gasteiger partial charge in [-0.25, -0.2) is 4.68 Å². The molecule has 0 atom stereocenters. The second kappa shape index (κ2) is 9.48. The number of hydrogen-bond acceptors (Lipinski definition) is 4. The molecule has 2 aromatic carbocycles. The average Bonchev–Trinajstić information content (AvgIpc) is 3.03. The van der Waals surface area contributed by atoms with Crippen molar-refractivity contribution >= 4 is 5.91 Å². The van der Waals surface area contributed by atoms with Crippen molar-refractivity contribution in [1.29, 1.82) is 0 Å². The van der Waals surface area contributed by atoms with Crippen LogP contribution < -0.4 is 14.8 Å². The molecule has 3 rings (SSSR count). The van der Waals surface area contributed by atoms with Crippen molar-refractivity contribution in [2.75, 3.05) is 7.11 Å². The molecule has 0 saturated carbocycles. The highest BCUT2D eigenvalue weighted by Crippen LogP contribution is 2.33. The molecule has 158 valence electrons. The molecule has 0 aliphatic carbocycles. The van der Waals surface area contributed by atoms with E-state index in [0.29, 0.717) is 18.7 Å². The van der Waals surface area contributed by atoms with E-state index in [0.717, 1.165) is 34.0 Å². The van der Waals surface area contributed by atoms with Gasteiger partial charge in [0.15, 0.2) is 0 Å². The Morgan fingerprint density at radius 2 is 1.80 bits per heavy atom. The van der Waals surface area contributed by atoms with Gasteiger partial charge in [0.05, 0.1) is 18.5 Å². The van der Waals surface area contributed by atoms with Crippen molar-refractivity contribution in [1.82, 2.24) is 15.1 Å². The molecule has 0 aliphatic heterocycles. The Kier molecular flexibility index (Phi) is 6.77. The first-order valence-electron chi connectivity index (χ1n) is 10.1. The number of hydrogen-bond donors (Lipinski definition) is 1. The van der Waals surface area contributed by atoms with Crippen LogP contribution in [0.25, 0.3) is 5.69 Å². The lowest BCUT2D eigenvalue weighted by molar-refractivity contribution is -0.121. The largest absolute Gasteiger partial charge is 0.497 e. The summed E-state index contributed by atoms with van der Waals surface area (Å²) in [6, 6.07) is 15.6. The summed E-state index contributed by atoms with van der Waals surface area (Å²) < 4.78 is 13.4. The Morgan fingerprint density at radius 1 is 1.10 bits per heavy atom. The molecule has 1 N–H and O–H groups in total. The highest BCUT2D eigenvalue weighted by atomic mass is 16.5. The van der Waals surface area contributed by atoms with Crippen LogP contribution in [0.15, 0.2) is 48.5 Å². The Labute approximate surface area is 177 Å². The molecule has 1 amide bonds. The van der Waals surface area contributed by atoms with Gasteiger partial charge in [0.2, 0.25) is 11.8 Å². The number of ether oxygens (including phenoxy) is 2. The zero-order chi connectivity index (χ0) is 21.7. The summed E-state index contributed by atoms with van der Waals surface area (Å²) in [5.74, 6) is 2.18. The molecular weight excluding hydrogens is 378 g/mol. The topological polar surface area (TPSA) is 65.4 Å². The van der Waals surface area contributed by atoms with Crippen molar-refractivity contribution in [3.05, 3.63) is 65.4 Å². The summed E-state index contributed by atoms with van der Waals surface area (Å²) in [4.78, 5) is 12.2. The van der Waals surface area contributed by atoms with E-state index < -0.39 is 0 Å². The zero-order valence-electron chi connectivity index (χ0n) is 18.2. The first kappa shape index (κ1) is 21.4. The Bertz CT molecular complexity index is 1010. The molecule has 6 heteroatoms. The number of nitrogens with zero attached hydrogens (tertiary/aromatic N) is 2. The minimum Gasteiger partial charge on any atom is -0.497 e. The van der Waals surface area contributed by atoms with E-state index in [4.69, 9.17) is 14.6 Å². The molecule has 0 radical (unpaired) electrons. The van der Waals surface area contributed by atoms with Gasteiger partial charge in [-0.05, 0) is 70.0 Å². The van der Waals surface area contributed by atoms with E-state index in [2.05, 4.69) is 5.32 Å². The molecule has 3 aromatic rings. The summed E-state index contributed by atoms with van der Waals surface area (Å²) in [7, 11) is 1.64. The first-order valence-corrected chi connectivity index (χ1v) is 10.1. The number of aryl methyl sites for hydroxylation is 2. The molecule has 0 bridgehead atoms. The van der Waals surface area contributed by atoms with Crippen molar-refractivity contribution in [3.8, 4) is 23.1 Å². The van der Waals surface area contributed by atoms with E-state index in [1.165, 1.54) is 0 Å². The van der Waals surface area contributed by atoms with Gasteiger partial charge in [-0.2, -0.15) is 5.10 Å². The molecule has 30 heavy (non-hydrogen) atoms. The summed E-state index contributed by atoms with van der Waals surface area (Å²) in [5, 5.41) is 7.66. The number of para-hydroxylation sites is 1. The van der Waals surface area contributed by atoms with Crippen LogP contribution in [0.2, 0.25) is 0 Å². The van der Waals surface area contributed by atoms with Crippen LogP contribution in [0.3, 0.4) is 0 Å². The lowest BCUT2D eigenvalue weighted by Gasteiger charge is -2.14. The number of benzene rings is 2. The van der Waals surface area contributed by atoms with Gasteiger partial charge in [-0.3, -0.25) is 4.79 Å². The summed E-state index contributed by atoms with van der Waals surface area (Å²) in [6.07, 6.45) is 0.916. The van der Waals surface area contributed by atoms with Gasteiger partial charge in [0, 0.05) is 18.0 Å². The summed E-state index contributed by atoms with van der Waals surface area (Å²) in [5.41, 5.74) is 3.65. The minimum absolute atomic E-state index is 0.0171. The van der Waals surface area contributed by atoms with Crippen LogP contribution in [-0.2, 0) is 11.2 Å². The fourth-order valence-electron chi connectivity index (χ4n) is 3.24. The molecule has 0 spiro atoms. The third-order valence-electron chi connectivity index (χ3n) is 4.81. The maximum atomic E-state index is 12.2. The lowest BCUT2D eigenvalue weighted by atomic mass is 10.1. The third-order valence-corrected chi connectivity index (χ3v) is 4.81.